The Balaban J connectivity index is 0.000000502. The first-order chi connectivity index (χ1) is 10.1. The zero-order valence-electron chi connectivity index (χ0n) is 16.9. The van der Waals surface area contributed by atoms with Gasteiger partial charge in [0.25, 0.3) is 0 Å². The summed E-state index contributed by atoms with van der Waals surface area (Å²) in [4.78, 5) is 0. The second kappa shape index (κ2) is 8.46. The number of rotatable bonds is 3. The van der Waals surface area contributed by atoms with Crippen molar-refractivity contribution >= 4 is 32.6 Å². The topological polar surface area (TPSA) is 9.23 Å². The Kier molecular flexibility index (Phi) is 8.49. The lowest BCUT2D eigenvalue weighted by atomic mass is 10.2. The molecule has 0 unspecified atom stereocenters. The van der Waals surface area contributed by atoms with Crippen molar-refractivity contribution < 1.29 is 4.12 Å². The molecule has 0 aliphatic heterocycles. The van der Waals surface area contributed by atoms with E-state index in [1.165, 1.54) is 5.56 Å². The highest BCUT2D eigenvalue weighted by Gasteiger charge is 2.46. The van der Waals surface area contributed by atoms with Crippen LogP contribution in [0.1, 0.15) is 47.1 Å². The fraction of sp³-hybridized carbons (Fsp3) is 0.684. The zero-order valence-corrected chi connectivity index (χ0v) is 20.5. The summed E-state index contributed by atoms with van der Waals surface area (Å²) in [5, 5.41) is 1.60. The molecule has 0 amide bonds. The van der Waals surface area contributed by atoms with Crippen LogP contribution in [0.25, 0.3) is 0 Å². The molecule has 134 valence electrons. The number of halogens is 1. The fourth-order valence-corrected chi connectivity index (χ4v) is 9.44. The minimum atomic E-state index is -1.59. The van der Waals surface area contributed by atoms with Crippen LogP contribution in [-0.4, -0.2) is 16.6 Å². The van der Waals surface area contributed by atoms with E-state index in [1.54, 1.807) is 0 Å². The number of hydrogen-bond acceptors (Lipinski definition) is 1. The smallest absolute Gasteiger partial charge is 0.178 e. The predicted octanol–water partition coefficient (Wildman–Crippen LogP) is 7.59. The largest absolute Gasteiger partial charge is 0.455 e. The molecule has 0 aliphatic rings. The number of hydrogen-bond donors (Lipinski definition) is 0. The molecule has 0 radical (unpaired) electrons. The first kappa shape index (κ1) is 23.1. The fourth-order valence-electron chi connectivity index (χ4n) is 1.51. The number of benzene rings is 1. The van der Waals surface area contributed by atoms with Crippen molar-refractivity contribution in [1.29, 1.82) is 0 Å². The van der Waals surface area contributed by atoms with Crippen LogP contribution < -0.4 is 0 Å². The first-order valence-electron chi connectivity index (χ1n) is 8.44. The molecular weight excluding hydrogens is 380 g/mol. The predicted molar refractivity (Wildman–Crippen MR) is 115 cm³/mol. The minimum absolute atomic E-state index is 0.322. The van der Waals surface area contributed by atoms with E-state index in [1.807, 2.05) is 18.2 Å². The Morgan fingerprint density at radius 2 is 1.13 bits per heavy atom. The second-order valence-corrected chi connectivity index (χ2v) is 19.7. The van der Waals surface area contributed by atoms with Crippen LogP contribution in [0.3, 0.4) is 0 Å². The van der Waals surface area contributed by atoms with Crippen LogP contribution in [0, 0.1) is 0 Å². The van der Waals surface area contributed by atoms with Crippen LogP contribution in [-0.2, 0) is 9.45 Å². The van der Waals surface area contributed by atoms with Crippen LogP contribution in [0.15, 0.2) is 30.3 Å². The standard InChI is InChI=1S/C12H30OSi2.C7H7Br/c1-11(2,3)14(7,8)13-15(9,10)12(4,5)6;8-6-7-4-2-1-3-5-7/h1-10H3;1-5H,6H2. The van der Waals surface area contributed by atoms with Gasteiger partial charge in [0.1, 0.15) is 0 Å². The van der Waals surface area contributed by atoms with E-state index >= 15 is 0 Å². The second-order valence-electron chi connectivity index (χ2n) is 9.24. The molecule has 0 aromatic heterocycles. The molecular formula is C19H37BrOSi2. The van der Waals surface area contributed by atoms with E-state index in [0.29, 0.717) is 10.1 Å². The van der Waals surface area contributed by atoms with Gasteiger partial charge in [-0.15, -0.1) is 0 Å². The number of alkyl halides is 1. The third-order valence-electron chi connectivity index (χ3n) is 5.12. The lowest BCUT2D eigenvalue weighted by Gasteiger charge is -2.47. The molecule has 0 spiro atoms. The normalized spacial score (nSPS) is 13.3. The van der Waals surface area contributed by atoms with Gasteiger partial charge in [-0.1, -0.05) is 87.8 Å². The maximum atomic E-state index is 6.63. The summed E-state index contributed by atoms with van der Waals surface area (Å²) in [6, 6.07) is 10.3. The van der Waals surface area contributed by atoms with E-state index in [0.717, 1.165) is 5.33 Å². The van der Waals surface area contributed by atoms with Gasteiger partial charge in [-0.05, 0) is 41.8 Å². The maximum Gasteiger partial charge on any atom is 0.178 e. The molecule has 0 atom stereocenters. The molecule has 23 heavy (non-hydrogen) atoms. The van der Waals surface area contributed by atoms with Gasteiger partial charge in [0.05, 0.1) is 0 Å². The van der Waals surface area contributed by atoms with Crippen molar-refractivity contribution in [3.05, 3.63) is 35.9 Å². The van der Waals surface area contributed by atoms with Crippen LogP contribution in [0.2, 0.25) is 36.3 Å². The Morgan fingerprint density at radius 3 is 1.35 bits per heavy atom. The Bertz CT molecular complexity index is 432. The Hall–Kier alpha value is 0.0938. The van der Waals surface area contributed by atoms with Gasteiger partial charge in [0.2, 0.25) is 0 Å². The molecule has 0 saturated heterocycles. The molecule has 0 heterocycles. The van der Waals surface area contributed by atoms with Gasteiger partial charge in [-0.3, -0.25) is 0 Å². The van der Waals surface area contributed by atoms with E-state index in [2.05, 4.69) is 95.8 Å². The van der Waals surface area contributed by atoms with Gasteiger partial charge in [-0.2, -0.15) is 0 Å². The molecule has 0 aliphatic carbocycles. The average molecular weight is 418 g/mol. The first-order valence-corrected chi connectivity index (χ1v) is 15.4. The molecule has 1 rings (SSSR count). The SMILES string of the molecule is BrCc1ccccc1.CC(C)(C)[Si](C)(C)O[Si](C)(C)C(C)(C)C. The molecule has 0 fully saturated rings. The molecule has 1 aromatic rings. The zero-order chi connectivity index (χ0) is 18.5. The van der Waals surface area contributed by atoms with E-state index in [4.69, 9.17) is 4.12 Å². The highest BCUT2D eigenvalue weighted by molar-refractivity contribution is 9.08. The van der Waals surface area contributed by atoms with Gasteiger partial charge in [0, 0.05) is 5.33 Å². The van der Waals surface area contributed by atoms with Crippen molar-refractivity contribution in [2.45, 2.75) is 83.1 Å². The highest BCUT2D eigenvalue weighted by atomic mass is 79.9. The molecule has 1 aromatic carbocycles. The van der Waals surface area contributed by atoms with Crippen molar-refractivity contribution in [2.24, 2.45) is 0 Å². The van der Waals surface area contributed by atoms with Gasteiger partial charge < -0.3 is 4.12 Å². The summed E-state index contributed by atoms with van der Waals surface area (Å²) in [7, 11) is -3.18. The lowest BCUT2D eigenvalue weighted by Crippen LogP contribution is -2.53. The average Bonchev–Trinajstić information content (AvgIpc) is 2.36. The summed E-state index contributed by atoms with van der Waals surface area (Å²) in [6.45, 7) is 23.3. The molecule has 4 heteroatoms. The van der Waals surface area contributed by atoms with E-state index in [-0.39, 0.29) is 0 Å². The van der Waals surface area contributed by atoms with Crippen molar-refractivity contribution in [3.8, 4) is 0 Å². The van der Waals surface area contributed by atoms with Gasteiger partial charge in [-0.25, -0.2) is 0 Å². The maximum absolute atomic E-state index is 6.63. The van der Waals surface area contributed by atoms with Gasteiger partial charge in [0.15, 0.2) is 16.6 Å². The summed E-state index contributed by atoms with van der Waals surface area (Å²) >= 11 is 3.36. The van der Waals surface area contributed by atoms with E-state index in [9.17, 15) is 0 Å². The molecule has 0 bridgehead atoms. The van der Waals surface area contributed by atoms with Crippen LogP contribution in [0.5, 0.6) is 0 Å². The molecule has 0 N–H and O–H groups in total. The van der Waals surface area contributed by atoms with Gasteiger partial charge >= 0.3 is 0 Å². The van der Waals surface area contributed by atoms with E-state index < -0.39 is 16.6 Å². The Morgan fingerprint density at radius 1 is 0.783 bits per heavy atom. The van der Waals surface area contributed by atoms with Crippen LogP contribution >= 0.6 is 15.9 Å². The quantitative estimate of drug-likeness (QED) is 0.363. The Labute approximate surface area is 155 Å². The van der Waals surface area contributed by atoms with Crippen molar-refractivity contribution in [1.82, 2.24) is 0 Å². The minimum Gasteiger partial charge on any atom is -0.455 e. The highest BCUT2D eigenvalue weighted by Crippen LogP contribution is 2.44. The lowest BCUT2D eigenvalue weighted by molar-refractivity contribution is 0.449. The third kappa shape index (κ3) is 7.67. The monoisotopic (exact) mass is 416 g/mol. The summed E-state index contributed by atoms with van der Waals surface area (Å²) < 4.78 is 6.63. The summed E-state index contributed by atoms with van der Waals surface area (Å²) in [5.41, 5.74) is 1.33. The van der Waals surface area contributed by atoms with Crippen molar-refractivity contribution in [2.75, 3.05) is 0 Å². The van der Waals surface area contributed by atoms with Crippen molar-refractivity contribution in [3.63, 3.8) is 0 Å². The molecule has 0 saturated carbocycles. The summed E-state index contributed by atoms with van der Waals surface area (Å²) in [5.74, 6) is 0. The summed E-state index contributed by atoms with van der Waals surface area (Å²) in [6.07, 6.45) is 0. The third-order valence-corrected chi connectivity index (χ3v) is 17.1. The van der Waals surface area contributed by atoms with Crippen LogP contribution in [0.4, 0.5) is 0 Å². The molecule has 1 nitrogen and oxygen atoms in total.